The molecule has 5 heteroatoms. The van der Waals surface area contributed by atoms with E-state index in [1.165, 1.54) is 5.57 Å². The first-order valence-corrected chi connectivity index (χ1v) is 12.2. The Morgan fingerprint density at radius 1 is 1.06 bits per heavy atom. The molecule has 0 bridgehead atoms. The van der Waals surface area contributed by atoms with Gasteiger partial charge < -0.3 is 10.4 Å². The fourth-order valence-corrected chi connectivity index (χ4v) is 7.53. The Morgan fingerprint density at radius 2 is 1.85 bits per heavy atom. The second-order valence-electron chi connectivity index (χ2n) is 10.7. The van der Waals surface area contributed by atoms with Crippen LogP contribution in [-0.2, 0) is 9.59 Å². The van der Waals surface area contributed by atoms with Crippen LogP contribution >= 0.6 is 0 Å². The topological polar surface area (TPSA) is 79.3 Å². The maximum Gasteiger partial charge on any atom is 0.257 e. The van der Waals surface area contributed by atoms with Gasteiger partial charge in [0.2, 0.25) is 0 Å². The zero-order valence-corrected chi connectivity index (χ0v) is 19.0. The lowest BCUT2D eigenvalue weighted by Gasteiger charge is -2.54. The second kappa shape index (κ2) is 7.36. The number of hydrogen-bond acceptors (Lipinski definition) is 4. The molecule has 4 aliphatic carbocycles. The van der Waals surface area contributed by atoms with Crippen molar-refractivity contribution >= 4 is 28.4 Å². The summed E-state index contributed by atoms with van der Waals surface area (Å²) in [5.74, 6) is 1.53. The number of rotatable bonds is 2. The van der Waals surface area contributed by atoms with Crippen molar-refractivity contribution in [3.63, 3.8) is 0 Å². The highest BCUT2D eigenvalue weighted by atomic mass is 16.3. The highest BCUT2D eigenvalue weighted by Crippen LogP contribution is 2.62. The van der Waals surface area contributed by atoms with E-state index >= 15 is 0 Å². The van der Waals surface area contributed by atoms with E-state index in [0.29, 0.717) is 30.0 Å². The number of para-hydroxylation sites is 1. The molecule has 0 spiro atoms. The molecule has 170 valence electrons. The maximum absolute atomic E-state index is 13.4. The van der Waals surface area contributed by atoms with Gasteiger partial charge in [0.25, 0.3) is 5.91 Å². The summed E-state index contributed by atoms with van der Waals surface area (Å²) in [6, 6.07) is 11.6. The largest absolute Gasteiger partial charge is 0.380 e. The van der Waals surface area contributed by atoms with Gasteiger partial charge in [0.05, 0.1) is 5.52 Å². The Balaban J connectivity index is 1.23. The van der Waals surface area contributed by atoms with E-state index < -0.39 is 5.60 Å². The number of aromatic nitrogens is 1. The summed E-state index contributed by atoms with van der Waals surface area (Å²) < 4.78 is 0. The van der Waals surface area contributed by atoms with Crippen LogP contribution in [0.4, 0.5) is 5.82 Å². The number of fused-ring (bicyclic) bond motifs is 6. The molecule has 1 amide bonds. The van der Waals surface area contributed by atoms with Gasteiger partial charge in [-0.1, -0.05) is 36.8 Å². The van der Waals surface area contributed by atoms with E-state index in [1.54, 1.807) is 12.1 Å². The minimum absolute atomic E-state index is 0.0254. The van der Waals surface area contributed by atoms with Gasteiger partial charge in [-0.3, -0.25) is 9.59 Å². The molecule has 0 aliphatic heterocycles. The first kappa shape index (κ1) is 20.8. The first-order chi connectivity index (χ1) is 15.9. The predicted molar refractivity (Wildman–Crippen MR) is 127 cm³/mol. The normalized spacial score (nSPS) is 37.2. The van der Waals surface area contributed by atoms with Crippen LogP contribution in [0.15, 0.2) is 60.2 Å². The van der Waals surface area contributed by atoms with Crippen molar-refractivity contribution in [2.24, 2.45) is 29.1 Å². The van der Waals surface area contributed by atoms with Gasteiger partial charge in [0, 0.05) is 10.8 Å². The number of carbonyl (C=O) groups is 2. The Kier molecular flexibility index (Phi) is 4.64. The van der Waals surface area contributed by atoms with Gasteiger partial charge in [-0.25, -0.2) is 4.98 Å². The van der Waals surface area contributed by atoms with Gasteiger partial charge >= 0.3 is 0 Å². The molecule has 3 saturated carbocycles. The van der Waals surface area contributed by atoms with Crippen molar-refractivity contribution in [3.8, 4) is 0 Å². The first-order valence-electron chi connectivity index (χ1n) is 12.2. The second-order valence-corrected chi connectivity index (χ2v) is 10.7. The average Bonchev–Trinajstić information content (AvgIpc) is 3.18. The molecule has 0 saturated heterocycles. The summed E-state index contributed by atoms with van der Waals surface area (Å²) in [6.07, 6.45) is 10.9. The minimum Gasteiger partial charge on any atom is -0.380 e. The zero-order valence-electron chi connectivity index (χ0n) is 19.0. The summed E-state index contributed by atoms with van der Waals surface area (Å²) in [5.41, 5.74) is 0.673. The molecule has 6 atom stereocenters. The number of ketones is 1. The van der Waals surface area contributed by atoms with Crippen LogP contribution in [-0.4, -0.2) is 27.4 Å². The fourth-order valence-electron chi connectivity index (χ4n) is 7.53. The molecule has 33 heavy (non-hydrogen) atoms. The molecular formula is C28H30N2O3. The monoisotopic (exact) mass is 442 g/mol. The minimum atomic E-state index is -1.35. The smallest absolute Gasteiger partial charge is 0.257 e. The van der Waals surface area contributed by atoms with E-state index in [4.69, 9.17) is 0 Å². The molecule has 6 rings (SSSR count). The number of aliphatic hydroxyl groups is 1. The van der Waals surface area contributed by atoms with Crippen LogP contribution < -0.4 is 5.32 Å². The number of carbonyl (C=O) groups excluding carboxylic acids is 2. The molecule has 1 aromatic carbocycles. The van der Waals surface area contributed by atoms with E-state index in [-0.39, 0.29) is 23.0 Å². The van der Waals surface area contributed by atoms with Crippen LogP contribution in [0.5, 0.6) is 0 Å². The number of benzene rings is 1. The van der Waals surface area contributed by atoms with Gasteiger partial charge in [0.1, 0.15) is 11.4 Å². The molecule has 3 fully saturated rings. The Hall–Kier alpha value is -2.79. The van der Waals surface area contributed by atoms with Crippen LogP contribution in [0.2, 0.25) is 0 Å². The van der Waals surface area contributed by atoms with E-state index in [0.717, 1.165) is 43.0 Å². The van der Waals surface area contributed by atoms with Gasteiger partial charge in [-0.05, 0) is 92.5 Å². The molecule has 5 unspecified atom stereocenters. The number of anilines is 1. The van der Waals surface area contributed by atoms with Crippen molar-refractivity contribution < 1.29 is 14.7 Å². The lowest BCUT2D eigenvalue weighted by Crippen LogP contribution is -2.52. The highest BCUT2D eigenvalue weighted by molar-refractivity contribution is 6.01. The fraction of sp³-hybridized carbons (Fsp3) is 0.464. The van der Waals surface area contributed by atoms with Crippen LogP contribution in [0, 0.1) is 29.1 Å². The van der Waals surface area contributed by atoms with Crippen molar-refractivity contribution in [1.29, 1.82) is 0 Å². The van der Waals surface area contributed by atoms with E-state index in [9.17, 15) is 14.7 Å². The molecule has 5 nitrogen and oxygen atoms in total. The predicted octanol–water partition coefficient (Wildman–Crippen LogP) is 4.82. The quantitative estimate of drug-likeness (QED) is 0.699. The molecule has 2 aromatic rings. The summed E-state index contributed by atoms with van der Waals surface area (Å²) >= 11 is 0. The molecule has 1 aromatic heterocycles. The molecule has 0 radical (unpaired) electrons. The van der Waals surface area contributed by atoms with Crippen LogP contribution in [0.25, 0.3) is 10.9 Å². The third-order valence-electron chi connectivity index (χ3n) is 9.20. The summed E-state index contributed by atoms with van der Waals surface area (Å²) in [7, 11) is 0. The number of hydrogen-bond donors (Lipinski definition) is 2. The number of nitrogens with one attached hydrogen (secondary N) is 1. The Labute approximate surface area is 194 Å². The zero-order chi connectivity index (χ0) is 22.8. The number of allylic oxidation sites excluding steroid dienone is 4. The van der Waals surface area contributed by atoms with Gasteiger partial charge in [-0.15, -0.1) is 0 Å². The third kappa shape index (κ3) is 3.12. The van der Waals surface area contributed by atoms with Gasteiger partial charge in [0.15, 0.2) is 5.78 Å². The lowest BCUT2D eigenvalue weighted by atomic mass is 9.50. The van der Waals surface area contributed by atoms with Crippen LogP contribution in [0.3, 0.4) is 0 Å². The molecular weight excluding hydrogens is 412 g/mol. The van der Waals surface area contributed by atoms with Crippen molar-refractivity contribution in [2.45, 2.75) is 51.0 Å². The number of nitrogens with zero attached hydrogens (tertiary/aromatic N) is 1. The summed E-state index contributed by atoms with van der Waals surface area (Å²) in [6.45, 7) is 2.28. The van der Waals surface area contributed by atoms with Crippen molar-refractivity contribution in [1.82, 2.24) is 4.98 Å². The average molecular weight is 443 g/mol. The van der Waals surface area contributed by atoms with E-state index in [1.807, 2.05) is 36.4 Å². The third-order valence-corrected chi connectivity index (χ3v) is 9.20. The summed E-state index contributed by atoms with van der Waals surface area (Å²) in [5, 5.41) is 15.6. The molecule has 1 heterocycles. The molecule has 2 N–H and O–H groups in total. The van der Waals surface area contributed by atoms with Gasteiger partial charge in [-0.2, -0.15) is 0 Å². The van der Waals surface area contributed by atoms with Crippen molar-refractivity contribution in [2.75, 3.05) is 5.32 Å². The Morgan fingerprint density at radius 3 is 2.73 bits per heavy atom. The SMILES string of the molecule is CC12C=CC(=O)C=C1CCC1C3CC[C@](O)(C(=O)Nc4ccc5ccccc5n4)C3CCC12. The summed E-state index contributed by atoms with van der Waals surface area (Å²) in [4.78, 5) is 29.9. The van der Waals surface area contributed by atoms with Crippen LogP contribution in [0.1, 0.15) is 45.4 Å². The number of pyridine rings is 1. The maximum atomic E-state index is 13.4. The highest BCUT2D eigenvalue weighted by Gasteiger charge is 2.60. The van der Waals surface area contributed by atoms with Crippen molar-refractivity contribution in [3.05, 3.63) is 60.2 Å². The standard InChI is InChI=1S/C28H30N2O3/c1-27-14-12-19(31)16-18(27)7-8-20-21-13-15-28(33,23(21)10-9-22(20)27)26(32)30-25-11-6-17-4-2-3-5-24(17)29-25/h2-6,11-12,14,16,20-23,33H,7-10,13,15H2,1H3,(H,29,30,32)/t20?,21?,22?,23?,27?,28-/m1/s1. The lowest BCUT2D eigenvalue weighted by molar-refractivity contribution is -0.142. The van der Waals surface area contributed by atoms with E-state index in [2.05, 4.69) is 23.3 Å². The number of amides is 1. The molecule has 4 aliphatic rings. The Bertz CT molecular complexity index is 1220.